The van der Waals surface area contributed by atoms with Crippen LogP contribution in [0, 0.1) is 24.2 Å². The summed E-state index contributed by atoms with van der Waals surface area (Å²) in [5.74, 6) is 1.58. The fourth-order valence-electron chi connectivity index (χ4n) is 2.61. The minimum atomic E-state index is 0.557. The summed E-state index contributed by atoms with van der Waals surface area (Å²) in [5, 5.41) is 12.9. The number of nitriles is 1. The van der Waals surface area contributed by atoms with Gasteiger partial charge >= 0.3 is 0 Å². The Morgan fingerprint density at radius 3 is 2.81 bits per heavy atom. The highest BCUT2D eigenvalue weighted by atomic mass is 15.1. The van der Waals surface area contributed by atoms with Crippen LogP contribution in [-0.2, 0) is 0 Å². The number of aromatic nitrogens is 2. The van der Waals surface area contributed by atoms with E-state index in [2.05, 4.69) is 40.7 Å². The molecule has 0 amide bonds. The first-order valence-electron chi connectivity index (χ1n) is 7.22. The second kappa shape index (κ2) is 5.10. The van der Waals surface area contributed by atoms with Crippen molar-refractivity contribution in [1.82, 2.24) is 4.98 Å². The minimum absolute atomic E-state index is 0.557. The number of fused-ring (bicyclic) bond motifs is 3. The van der Waals surface area contributed by atoms with Crippen molar-refractivity contribution in [3.05, 3.63) is 41.5 Å². The molecule has 4 heteroatoms. The summed E-state index contributed by atoms with van der Waals surface area (Å²) in [6.07, 6.45) is 0. The molecule has 2 heterocycles. The van der Waals surface area contributed by atoms with Crippen LogP contribution in [0.2, 0.25) is 0 Å². The van der Waals surface area contributed by atoms with E-state index in [0.717, 1.165) is 34.6 Å². The second-order valence-electron chi connectivity index (χ2n) is 5.80. The maximum Gasteiger partial charge on any atom is 0.250 e. The summed E-state index contributed by atoms with van der Waals surface area (Å²) in [7, 11) is 0. The van der Waals surface area contributed by atoms with Gasteiger partial charge in [-0.2, -0.15) is 9.66 Å². The summed E-state index contributed by atoms with van der Waals surface area (Å²) < 4.78 is 2.10. The largest absolute Gasteiger partial charge is 0.305 e. The summed E-state index contributed by atoms with van der Waals surface area (Å²) in [5.41, 5.74) is 4.64. The van der Waals surface area contributed by atoms with Crippen molar-refractivity contribution < 1.29 is 4.40 Å². The Labute approximate surface area is 124 Å². The van der Waals surface area contributed by atoms with Gasteiger partial charge in [0, 0.05) is 6.07 Å². The van der Waals surface area contributed by atoms with Crippen LogP contribution >= 0.6 is 0 Å². The lowest BCUT2D eigenvalue weighted by molar-refractivity contribution is -0.465. The number of H-pyrrole nitrogens is 1. The maximum absolute atomic E-state index is 9.45. The van der Waals surface area contributed by atoms with Gasteiger partial charge in [0.15, 0.2) is 0 Å². The van der Waals surface area contributed by atoms with Gasteiger partial charge in [-0.05, 0) is 30.5 Å². The molecule has 1 aromatic carbocycles. The van der Waals surface area contributed by atoms with Gasteiger partial charge in [-0.3, -0.25) is 4.98 Å². The highest BCUT2D eigenvalue weighted by Crippen LogP contribution is 2.20. The molecule has 0 bridgehead atoms. The molecular weight excluding hydrogens is 260 g/mol. The molecule has 106 valence electrons. The average Bonchev–Trinajstić information content (AvgIpc) is 2.84. The lowest BCUT2D eigenvalue weighted by Gasteiger charge is -2.08. The third-order valence-corrected chi connectivity index (χ3v) is 3.65. The van der Waals surface area contributed by atoms with Crippen LogP contribution in [0.3, 0.4) is 0 Å². The van der Waals surface area contributed by atoms with E-state index in [1.807, 2.05) is 31.2 Å². The average molecular weight is 279 g/mol. The zero-order chi connectivity index (χ0) is 15.0. The molecule has 21 heavy (non-hydrogen) atoms. The summed E-state index contributed by atoms with van der Waals surface area (Å²) in [4.78, 5) is 3.37. The summed E-state index contributed by atoms with van der Waals surface area (Å²) >= 11 is 0. The molecule has 0 radical (unpaired) electrons. The highest BCUT2D eigenvalue weighted by Gasteiger charge is 2.20. The zero-order valence-corrected chi connectivity index (χ0v) is 12.6. The highest BCUT2D eigenvalue weighted by molar-refractivity contribution is 5.77. The monoisotopic (exact) mass is 279 g/mol. The molecule has 3 aromatic rings. The number of pyridine rings is 1. The van der Waals surface area contributed by atoms with Crippen molar-refractivity contribution in [3.8, 4) is 6.07 Å². The predicted molar refractivity (Wildman–Crippen MR) is 84.2 cm³/mol. The molecule has 0 saturated carbocycles. The number of rotatable bonds is 3. The van der Waals surface area contributed by atoms with Crippen LogP contribution in [0.1, 0.15) is 25.0 Å². The van der Waals surface area contributed by atoms with E-state index >= 15 is 0 Å². The van der Waals surface area contributed by atoms with Gasteiger partial charge in [-0.25, -0.2) is 0 Å². The van der Waals surface area contributed by atoms with Crippen molar-refractivity contribution in [2.24, 2.45) is 5.92 Å². The van der Waals surface area contributed by atoms with E-state index in [9.17, 15) is 5.26 Å². The lowest BCUT2D eigenvalue weighted by Crippen LogP contribution is -2.28. The number of nitrogens with zero attached hydrogens (tertiary/aromatic N) is 2. The molecule has 2 N–H and O–H groups in total. The van der Waals surface area contributed by atoms with Crippen LogP contribution < -0.4 is 9.72 Å². The van der Waals surface area contributed by atoms with Crippen LogP contribution in [0.4, 0.5) is 5.82 Å². The second-order valence-corrected chi connectivity index (χ2v) is 5.80. The van der Waals surface area contributed by atoms with Gasteiger partial charge < -0.3 is 5.32 Å². The van der Waals surface area contributed by atoms with E-state index in [-0.39, 0.29) is 0 Å². The Hall–Kier alpha value is -2.54. The SMILES string of the molecule is Cc1cc(NCC(C)C)[n+]2c([nH]c3ccccc32)c1C#N. The maximum atomic E-state index is 9.45. The number of aromatic amines is 1. The molecule has 0 fully saturated rings. The molecular formula is C17H19N4+. The molecule has 0 atom stereocenters. The number of para-hydroxylation sites is 2. The van der Waals surface area contributed by atoms with Gasteiger partial charge in [0.2, 0.25) is 11.5 Å². The van der Waals surface area contributed by atoms with Crippen molar-refractivity contribution in [2.45, 2.75) is 20.8 Å². The molecule has 0 unspecified atom stereocenters. The van der Waals surface area contributed by atoms with Crippen molar-refractivity contribution in [2.75, 3.05) is 11.9 Å². The first-order chi connectivity index (χ1) is 10.1. The van der Waals surface area contributed by atoms with Gasteiger partial charge in [0.1, 0.15) is 22.7 Å². The quantitative estimate of drug-likeness (QED) is 0.724. The normalized spacial score (nSPS) is 11.2. The third-order valence-electron chi connectivity index (χ3n) is 3.65. The van der Waals surface area contributed by atoms with E-state index in [4.69, 9.17) is 0 Å². The van der Waals surface area contributed by atoms with E-state index in [1.165, 1.54) is 0 Å². The Morgan fingerprint density at radius 1 is 1.33 bits per heavy atom. The number of imidazole rings is 1. The molecule has 0 aliphatic heterocycles. The first kappa shape index (κ1) is 13.4. The molecule has 4 nitrogen and oxygen atoms in total. The van der Waals surface area contributed by atoms with Crippen LogP contribution in [0.5, 0.6) is 0 Å². The molecule has 0 aliphatic carbocycles. The Morgan fingerprint density at radius 2 is 2.10 bits per heavy atom. The smallest absolute Gasteiger partial charge is 0.250 e. The van der Waals surface area contributed by atoms with Gasteiger partial charge in [-0.15, -0.1) is 0 Å². The first-order valence-corrected chi connectivity index (χ1v) is 7.22. The van der Waals surface area contributed by atoms with Gasteiger partial charge in [0.25, 0.3) is 0 Å². The van der Waals surface area contributed by atoms with E-state index in [0.29, 0.717) is 11.5 Å². The number of nitrogens with one attached hydrogen (secondary N) is 2. The molecule has 0 saturated heterocycles. The number of hydrogen-bond donors (Lipinski definition) is 2. The predicted octanol–water partition coefficient (Wildman–Crippen LogP) is 3.15. The van der Waals surface area contributed by atoms with E-state index in [1.54, 1.807) is 0 Å². The van der Waals surface area contributed by atoms with Crippen LogP contribution in [0.25, 0.3) is 16.7 Å². The number of anilines is 1. The van der Waals surface area contributed by atoms with Crippen molar-refractivity contribution >= 4 is 22.5 Å². The standard InChI is InChI=1S/C17H18N4/c1-11(2)10-19-16-8-12(3)13(9-18)17-20-14-6-4-5-7-15(14)21(16)17/h4-8,11H,10H2,1-3H3,(H,19,20)/p+1. The summed E-state index contributed by atoms with van der Waals surface area (Å²) in [6.45, 7) is 7.23. The van der Waals surface area contributed by atoms with Gasteiger partial charge in [-0.1, -0.05) is 26.0 Å². The third kappa shape index (κ3) is 2.21. The fraction of sp³-hybridized carbons (Fsp3) is 0.294. The van der Waals surface area contributed by atoms with Crippen molar-refractivity contribution in [1.29, 1.82) is 5.26 Å². The number of hydrogen-bond acceptors (Lipinski definition) is 2. The van der Waals surface area contributed by atoms with Crippen molar-refractivity contribution in [3.63, 3.8) is 0 Å². The summed E-state index contributed by atoms with van der Waals surface area (Å²) in [6, 6.07) is 12.5. The lowest BCUT2D eigenvalue weighted by atomic mass is 10.1. The van der Waals surface area contributed by atoms with E-state index < -0.39 is 0 Å². The molecule has 3 rings (SSSR count). The van der Waals surface area contributed by atoms with Crippen LogP contribution in [-0.4, -0.2) is 11.5 Å². The Balaban J connectivity index is 2.34. The minimum Gasteiger partial charge on any atom is -0.305 e. The Kier molecular flexibility index (Phi) is 3.26. The molecule has 0 spiro atoms. The Bertz CT molecular complexity index is 852. The number of benzene rings is 1. The van der Waals surface area contributed by atoms with Crippen LogP contribution in [0.15, 0.2) is 30.3 Å². The topological polar surface area (TPSA) is 55.7 Å². The number of aryl methyl sites for hydroxylation is 1. The molecule has 2 aromatic heterocycles. The zero-order valence-electron chi connectivity index (χ0n) is 12.6. The van der Waals surface area contributed by atoms with Gasteiger partial charge in [0.05, 0.1) is 6.54 Å². The molecule has 0 aliphatic rings. The fourth-order valence-corrected chi connectivity index (χ4v) is 2.61.